The molecule has 1 N–H and O–H groups in total. The van der Waals surface area contributed by atoms with Gasteiger partial charge in [0.1, 0.15) is 6.61 Å². The smallest absolute Gasteiger partial charge is 0.367 e. The zero-order valence-corrected chi connectivity index (χ0v) is 17.5. The number of hydrogen-bond acceptors (Lipinski definition) is 5. The van der Waals surface area contributed by atoms with Gasteiger partial charge in [-0.25, -0.2) is 15.0 Å². The summed E-state index contributed by atoms with van der Waals surface area (Å²) >= 11 is 0. The number of benzene rings is 1. The molecular weight excluding hydrogens is 409 g/mol. The second kappa shape index (κ2) is 10.9. The molecule has 2 aromatic rings. The summed E-state index contributed by atoms with van der Waals surface area (Å²) in [6.07, 6.45) is -0.843. The quantitative estimate of drug-likeness (QED) is 0.532. The molecule has 0 spiro atoms. The predicted molar refractivity (Wildman–Crippen MR) is 113 cm³/mol. The van der Waals surface area contributed by atoms with Gasteiger partial charge in [-0.15, -0.1) is 0 Å². The molecule has 0 bridgehead atoms. The standard InChI is InChI=1S/C21H27F3N6O/c1-2-25-19(29-9-11-30(12-10-29)20-26-7-4-8-27-20)28-14-17-5-3-6-18(13-17)15-31-16-21(22,23)24/h3-8,13H,2,9-12,14-16H2,1H3,(H,25,28). The lowest BCUT2D eigenvalue weighted by molar-refractivity contribution is -0.176. The molecule has 0 radical (unpaired) electrons. The van der Waals surface area contributed by atoms with Crippen LogP contribution in [0.2, 0.25) is 0 Å². The Labute approximate surface area is 180 Å². The summed E-state index contributed by atoms with van der Waals surface area (Å²) in [5.41, 5.74) is 1.61. The van der Waals surface area contributed by atoms with Gasteiger partial charge in [0.2, 0.25) is 5.95 Å². The van der Waals surface area contributed by atoms with Gasteiger partial charge in [-0.05, 0) is 24.1 Å². The number of aliphatic imine (C=N–C) groups is 1. The molecule has 0 aliphatic carbocycles. The summed E-state index contributed by atoms with van der Waals surface area (Å²) in [6, 6.07) is 9.09. The van der Waals surface area contributed by atoms with Crippen molar-refractivity contribution in [3.05, 3.63) is 53.9 Å². The summed E-state index contributed by atoms with van der Waals surface area (Å²) in [7, 11) is 0. The summed E-state index contributed by atoms with van der Waals surface area (Å²) < 4.78 is 41.5. The molecule has 0 unspecified atom stereocenters. The lowest BCUT2D eigenvalue weighted by atomic mass is 10.1. The van der Waals surface area contributed by atoms with Gasteiger partial charge in [0.05, 0.1) is 13.2 Å². The number of piperazine rings is 1. The lowest BCUT2D eigenvalue weighted by Crippen LogP contribution is -2.52. The first-order valence-electron chi connectivity index (χ1n) is 10.2. The first-order chi connectivity index (χ1) is 14.9. The van der Waals surface area contributed by atoms with Gasteiger partial charge in [-0.1, -0.05) is 24.3 Å². The number of hydrogen-bond donors (Lipinski definition) is 1. The van der Waals surface area contributed by atoms with E-state index in [1.54, 1.807) is 24.5 Å². The van der Waals surface area contributed by atoms with Crippen LogP contribution in [0.5, 0.6) is 0 Å². The zero-order chi connectivity index (χ0) is 22.1. The molecule has 1 aromatic heterocycles. The van der Waals surface area contributed by atoms with Crippen molar-refractivity contribution in [1.82, 2.24) is 20.2 Å². The Morgan fingerprint density at radius 3 is 2.48 bits per heavy atom. The Hall–Kier alpha value is -2.88. The average molecular weight is 436 g/mol. The van der Waals surface area contributed by atoms with Gasteiger partial charge in [0, 0.05) is 45.1 Å². The van der Waals surface area contributed by atoms with Crippen molar-refractivity contribution < 1.29 is 17.9 Å². The van der Waals surface area contributed by atoms with Crippen LogP contribution in [-0.4, -0.2) is 66.3 Å². The number of aromatic nitrogens is 2. The van der Waals surface area contributed by atoms with E-state index in [2.05, 4.69) is 25.1 Å². The third-order valence-corrected chi connectivity index (χ3v) is 4.69. The highest BCUT2D eigenvalue weighted by atomic mass is 19.4. The van der Waals surface area contributed by atoms with E-state index < -0.39 is 12.8 Å². The van der Waals surface area contributed by atoms with E-state index in [-0.39, 0.29) is 6.61 Å². The second-order valence-corrected chi connectivity index (χ2v) is 7.12. The van der Waals surface area contributed by atoms with Crippen molar-refractivity contribution in [2.24, 2.45) is 4.99 Å². The monoisotopic (exact) mass is 436 g/mol. The number of rotatable bonds is 7. The SMILES string of the molecule is CCNC(=NCc1cccc(COCC(F)(F)F)c1)N1CCN(c2ncccn2)CC1. The molecule has 31 heavy (non-hydrogen) atoms. The van der Waals surface area contributed by atoms with Crippen LogP contribution in [0.4, 0.5) is 19.1 Å². The molecular formula is C21H27F3N6O. The Kier molecular flexibility index (Phi) is 8.05. The lowest BCUT2D eigenvalue weighted by Gasteiger charge is -2.36. The fourth-order valence-corrected chi connectivity index (χ4v) is 3.27. The van der Waals surface area contributed by atoms with Crippen molar-refractivity contribution in [1.29, 1.82) is 0 Å². The van der Waals surface area contributed by atoms with Crippen LogP contribution in [0.25, 0.3) is 0 Å². The molecule has 1 aliphatic rings. The molecule has 168 valence electrons. The topological polar surface area (TPSA) is 65.9 Å². The zero-order valence-electron chi connectivity index (χ0n) is 17.5. The molecule has 1 aromatic carbocycles. The minimum Gasteiger partial charge on any atom is -0.367 e. The van der Waals surface area contributed by atoms with Crippen LogP contribution in [-0.2, 0) is 17.9 Å². The predicted octanol–water partition coefficient (Wildman–Crippen LogP) is 2.84. The van der Waals surface area contributed by atoms with E-state index >= 15 is 0 Å². The fraction of sp³-hybridized carbons (Fsp3) is 0.476. The van der Waals surface area contributed by atoms with E-state index in [1.165, 1.54) is 0 Å². The Morgan fingerprint density at radius 2 is 1.81 bits per heavy atom. The molecule has 1 saturated heterocycles. The van der Waals surface area contributed by atoms with Crippen molar-refractivity contribution in [3.63, 3.8) is 0 Å². The highest BCUT2D eigenvalue weighted by molar-refractivity contribution is 5.80. The van der Waals surface area contributed by atoms with Gasteiger partial charge in [0.25, 0.3) is 0 Å². The third kappa shape index (κ3) is 7.39. The maximum Gasteiger partial charge on any atom is 0.411 e. The van der Waals surface area contributed by atoms with Crippen molar-refractivity contribution >= 4 is 11.9 Å². The van der Waals surface area contributed by atoms with Gasteiger partial charge in [0.15, 0.2) is 5.96 Å². The highest BCUT2D eigenvalue weighted by Gasteiger charge is 2.27. The summed E-state index contributed by atoms with van der Waals surface area (Å²) in [6.45, 7) is 5.01. The van der Waals surface area contributed by atoms with Crippen molar-refractivity contribution in [3.8, 4) is 0 Å². The molecule has 0 amide bonds. The van der Waals surface area contributed by atoms with E-state index in [4.69, 9.17) is 9.73 Å². The number of guanidine groups is 1. The Morgan fingerprint density at radius 1 is 1.10 bits per heavy atom. The summed E-state index contributed by atoms with van der Waals surface area (Å²) in [4.78, 5) is 17.7. The molecule has 3 rings (SSSR count). The summed E-state index contributed by atoms with van der Waals surface area (Å²) in [5.74, 6) is 1.54. The van der Waals surface area contributed by atoms with Crippen molar-refractivity contribution in [2.75, 3.05) is 44.2 Å². The van der Waals surface area contributed by atoms with Gasteiger partial charge < -0.3 is 19.9 Å². The molecule has 7 nitrogen and oxygen atoms in total. The molecule has 10 heteroatoms. The summed E-state index contributed by atoms with van der Waals surface area (Å²) in [5, 5.41) is 3.32. The number of nitrogens with one attached hydrogen (secondary N) is 1. The molecule has 1 aliphatic heterocycles. The number of halogens is 3. The third-order valence-electron chi connectivity index (χ3n) is 4.69. The highest BCUT2D eigenvalue weighted by Crippen LogP contribution is 2.16. The van der Waals surface area contributed by atoms with E-state index in [0.717, 1.165) is 50.2 Å². The number of alkyl halides is 3. The van der Waals surface area contributed by atoms with E-state index in [9.17, 15) is 13.2 Å². The van der Waals surface area contributed by atoms with E-state index in [1.807, 2.05) is 25.1 Å². The minimum atomic E-state index is -4.32. The van der Waals surface area contributed by atoms with Crippen LogP contribution in [0.3, 0.4) is 0 Å². The first-order valence-corrected chi connectivity index (χ1v) is 10.2. The van der Waals surface area contributed by atoms with Gasteiger partial charge in [-0.2, -0.15) is 13.2 Å². The molecule has 0 saturated carbocycles. The van der Waals surface area contributed by atoms with Crippen LogP contribution in [0.15, 0.2) is 47.7 Å². The molecule has 1 fully saturated rings. The van der Waals surface area contributed by atoms with Crippen LogP contribution < -0.4 is 10.2 Å². The van der Waals surface area contributed by atoms with Crippen LogP contribution >= 0.6 is 0 Å². The maximum atomic E-state index is 12.3. The normalized spacial score (nSPS) is 15.3. The van der Waals surface area contributed by atoms with Gasteiger partial charge >= 0.3 is 6.18 Å². The van der Waals surface area contributed by atoms with Crippen molar-refractivity contribution in [2.45, 2.75) is 26.3 Å². The molecule has 0 atom stereocenters. The minimum absolute atomic E-state index is 0.0827. The van der Waals surface area contributed by atoms with Crippen LogP contribution in [0.1, 0.15) is 18.1 Å². The second-order valence-electron chi connectivity index (χ2n) is 7.12. The largest absolute Gasteiger partial charge is 0.411 e. The Bertz CT molecular complexity index is 839. The number of anilines is 1. The first kappa shape index (κ1) is 22.8. The number of nitrogens with zero attached hydrogens (tertiary/aromatic N) is 5. The van der Waals surface area contributed by atoms with Crippen LogP contribution in [0, 0.1) is 0 Å². The van der Waals surface area contributed by atoms with Gasteiger partial charge in [-0.3, -0.25) is 0 Å². The van der Waals surface area contributed by atoms with E-state index in [0.29, 0.717) is 12.1 Å². The maximum absolute atomic E-state index is 12.3. The fourth-order valence-electron chi connectivity index (χ4n) is 3.27. The molecule has 2 heterocycles. The average Bonchev–Trinajstić information content (AvgIpc) is 2.77. The number of ether oxygens (including phenoxy) is 1. The Balaban J connectivity index is 1.57.